The molecule has 0 spiro atoms. The van der Waals surface area contributed by atoms with E-state index in [1.54, 1.807) is 0 Å². The average molecular weight is 558 g/mol. The van der Waals surface area contributed by atoms with Crippen molar-refractivity contribution in [3.8, 4) is 0 Å². The van der Waals surface area contributed by atoms with Crippen molar-refractivity contribution in [1.82, 2.24) is 30.3 Å². The number of nitrogens with zero attached hydrogens (tertiary/aromatic N) is 4. The lowest BCUT2D eigenvalue weighted by Crippen LogP contribution is -2.27. The molecular formula is C30H48ClN7O. The molecule has 0 aliphatic rings. The summed E-state index contributed by atoms with van der Waals surface area (Å²) in [7, 11) is 0. The molecule has 3 N–H and O–H groups in total. The van der Waals surface area contributed by atoms with Crippen LogP contribution in [0.3, 0.4) is 0 Å². The van der Waals surface area contributed by atoms with Crippen molar-refractivity contribution in [1.29, 1.82) is 0 Å². The number of rotatable bonds is 20. The van der Waals surface area contributed by atoms with E-state index in [0.29, 0.717) is 18.7 Å². The van der Waals surface area contributed by atoms with E-state index in [9.17, 15) is 4.79 Å². The summed E-state index contributed by atoms with van der Waals surface area (Å²) < 4.78 is 1.81. The summed E-state index contributed by atoms with van der Waals surface area (Å²) >= 11 is 0. The number of carbonyl (C=O) groups is 1. The van der Waals surface area contributed by atoms with Gasteiger partial charge in [-0.25, -0.2) is 4.98 Å². The molecule has 0 saturated heterocycles. The quantitative estimate of drug-likeness (QED) is 0.137. The lowest BCUT2D eigenvalue weighted by molar-refractivity contribution is 0.0952. The number of unbranched alkanes of at least 4 members (excludes halogenated alkanes) is 7. The van der Waals surface area contributed by atoms with Crippen LogP contribution in [-0.4, -0.2) is 44.0 Å². The fourth-order valence-electron chi connectivity index (χ4n) is 4.48. The molecule has 216 valence electrons. The van der Waals surface area contributed by atoms with Crippen LogP contribution in [0.25, 0.3) is 0 Å². The number of carbonyl (C=O) groups excluding carboxylic acids is 1. The highest BCUT2D eigenvalue weighted by Crippen LogP contribution is 2.11. The number of aryl methyl sites for hydroxylation is 3. The monoisotopic (exact) mass is 557 g/mol. The third-order valence-corrected chi connectivity index (χ3v) is 6.83. The summed E-state index contributed by atoms with van der Waals surface area (Å²) in [5.41, 5.74) is 4.19. The van der Waals surface area contributed by atoms with Crippen LogP contribution in [-0.2, 0) is 25.8 Å². The van der Waals surface area contributed by atoms with Gasteiger partial charge in [-0.3, -0.25) is 9.48 Å². The van der Waals surface area contributed by atoms with Crippen molar-refractivity contribution in [2.75, 3.05) is 18.4 Å². The lowest BCUT2D eigenvalue weighted by atomic mass is 10.1. The maximum Gasteiger partial charge on any atom is 0.251 e. The number of nitrogens with one attached hydrogen (secondary N) is 3. The van der Waals surface area contributed by atoms with E-state index in [2.05, 4.69) is 56.9 Å². The zero-order chi connectivity index (χ0) is 26.8. The Morgan fingerprint density at radius 1 is 0.872 bits per heavy atom. The van der Waals surface area contributed by atoms with Gasteiger partial charge in [-0.15, -0.1) is 17.5 Å². The predicted octanol–water partition coefficient (Wildman–Crippen LogP) is 6.53. The number of imidazole rings is 1. The molecule has 0 aliphatic heterocycles. The van der Waals surface area contributed by atoms with Crippen LogP contribution < -0.4 is 10.6 Å². The second-order valence-electron chi connectivity index (χ2n) is 10.2. The second-order valence-corrected chi connectivity index (χ2v) is 10.2. The molecule has 8 nitrogen and oxygen atoms in total. The number of hydrogen-bond donors (Lipinski definition) is 3. The molecule has 2 heterocycles. The van der Waals surface area contributed by atoms with Crippen LogP contribution in [0.2, 0.25) is 0 Å². The zero-order valence-corrected chi connectivity index (χ0v) is 24.7. The number of aromatic nitrogens is 5. The highest BCUT2D eigenvalue weighted by atomic mass is 35.5. The predicted molar refractivity (Wildman–Crippen MR) is 162 cm³/mol. The van der Waals surface area contributed by atoms with Crippen molar-refractivity contribution in [3.05, 3.63) is 59.2 Å². The summed E-state index contributed by atoms with van der Waals surface area (Å²) in [6, 6.07) is 7.96. The molecular weight excluding hydrogens is 510 g/mol. The highest BCUT2D eigenvalue weighted by Gasteiger charge is 2.07. The Hall–Kier alpha value is -2.87. The minimum atomic E-state index is -0.0439. The second kappa shape index (κ2) is 19.2. The molecule has 9 heteroatoms. The lowest BCUT2D eigenvalue weighted by Gasteiger charge is -2.06. The van der Waals surface area contributed by atoms with Gasteiger partial charge >= 0.3 is 0 Å². The third kappa shape index (κ3) is 12.7. The van der Waals surface area contributed by atoms with E-state index in [-0.39, 0.29) is 18.3 Å². The zero-order valence-electron chi connectivity index (χ0n) is 23.9. The first-order valence-electron chi connectivity index (χ1n) is 14.7. The molecule has 0 aliphatic carbocycles. The van der Waals surface area contributed by atoms with Gasteiger partial charge in [-0.1, -0.05) is 69.7 Å². The van der Waals surface area contributed by atoms with Crippen molar-refractivity contribution in [2.45, 2.75) is 104 Å². The van der Waals surface area contributed by atoms with Gasteiger partial charge in [-0.2, -0.15) is 0 Å². The normalized spacial score (nSPS) is 10.8. The molecule has 0 saturated carbocycles. The van der Waals surface area contributed by atoms with Crippen molar-refractivity contribution in [2.24, 2.45) is 0 Å². The molecule has 1 aromatic carbocycles. The van der Waals surface area contributed by atoms with Crippen LogP contribution in [0.15, 0.2) is 36.7 Å². The molecule has 2 aromatic heterocycles. The SMILES string of the molecule is CCCCCCNc1ncc(CCCCCc2cn(CCNC(=O)c3ccc(CCCCC)cc3)nn2)[nH]1.Cl. The van der Waals surface area contributed by atoms with Gasteiger partial charge in [0.05, 0.1) is 18.4 Å². The van der Waals surface area contributed by atoms with Crippen LogP contribution in [0.1, 0.15) is 105 Å². The smallest absolute Gasteiger partial charge is 0.251 e. The third-order valence-electron chi connectivity index (χ3n) is 6.83. The number of H-pyrrole nitrogens is 1. The molecule has 0 fully saturated rings. The summed E-state index contributed by atoms with van der Waals surface area (Å²) in [6.07, 6.45) is 19.0. The number of aromatic amines is 1. The van der Waals surface area contributed by atoms with Gasteiger partial charge in [0.25, 0.3) is 5.91 Å². The molecule has 39 heavy (non-hydrogen) atoms. The van der Waals surface area contributed by atoms with E-state index >= 15 is 0 Å². The van der Waals surface area contributed by atoms with E-state index in [1.807, 2.05) is 29.2 Å². The van der Waals surface area contributed by atoms with Crippen LogP contribution >= 0.6 is 12.4 Å². The van der Waals surface area contributed by atoms with Gasteiger partial charge in [0.15, 0.2) is 5.95 Å². The first-order chi connectivity index (χ1) is 18.7. The molecule has 1 amide bonds. The molecule has 0 radical (unpaired) electrons. The van der Waals surface area contributed by atoms with Gasteiger partial charge in [-0.05, 0) is 62.6 Å². The van der Waals surface area contributed by atoms with Crippen LogP contribution in [0.4, 0.5) is 5.95 Å². The molecule has 3 aromatic rings. The van der Waals surface area contributed by atoms with Crippen LogP contribution in [0.5, 0.6) is 0 Å². The average Bonchev–Trinajstić information content (AvgIpc) is 3.58. The number of halogens is 1. The molecule has 0 unspecified atom stereocenters. The Bertz CT molecular complexity index is 1050. The van der Waals surface area contributed by atoms with E-state index in [0.717, 1.165) is 56.7 Å². The number of anilines is 1. The Balaban J connectivity index is 0.00000533. The van der Waals surface area contributed by atoms with Gasteiger partial charge in [0.2, 0.25) is 0 Å². The highest BCUT2D eigenvalue weighted by molar-refractivity contribution is 5.94. The first kappa shape index (κ1) is 32.3. The number of amides is 1. The first-order valence-corrected chi connectivity index (χ1v) is 14.7. The van der Waals surface area contributed by atoms with Crippen molar-refractivity contribution in [3.63, 3.8) is 0 Å². The summed E-state index contributed by atoms with van der Waals surface area (Å²) in [6.45, 7) is 6.56. The molecule has 3 rings (SSSR count). The maximum absolute atomic E-state index is 12.4. The van der Waals surface area contributed by atoms with E-state index in [4.69, 9.17) is 0 Å². The Morgan fingerprint density at radius 3 is 2.38 bits per heavy atom. The topological polar surface area (TPSA) is 101 Å². The summed E-state index contributed by atoms with van der Waals surface area (Å²) in [5.74, 6) is 0.845. The summed E-state index contributed by atoms with van der Waals surface area (Å²) in [5, 5.41) is 14.9. The van der Waals surface area contributed by atoms with Gasteiger partial charge < -0.3 is 15.6 Å². The van der Waals surface area contributed by atoms with Gasteiger partial charge in [0, 0.05) is 30.5 Å². The standard InChI is InChI=1S/C30H47N7O.ClH/c1-3-5-7-12-20-32-30-33-23-27(34-30)14-10-8-11-15-28-24-37(36-35-28)22-21-31-29(38)26-18-16-25(17-19-26)13-9-6-4-2;/h16-19,23-24H,3-15,20-22H2,1-2H3,(H,31,38)(H2,32,33,34);1H. The Morgan fingerprint density at radius 2 is 1.59 bits per heavy atom. The maximum atomic E-state index is 12.4. The molecule has 0 atom stereocenters. The fraction of sp³-hybridized carbons (Fsp3) is 0.600. The molecule has 0 bridgehead atoms. The van der Waals surface area contributed by atoms with Crippen molar-refractivity contribution >= 4 is 24.3 Å². The minimum Gasteiger partial charge on any atom is -0.356 e. The number of hydrogen-bond acceptors (Lipinski definition) is 5. The summed E-state index contributed by atoms with van der Waals surface area (Å²) in [4.78, 5) is 20.3. The Labute approximate surface area is 240 Å². The van der Waals surface area contributed by atoms with E-state index in [1.165, 1.54) is 56.2 Å². The number of benzene rings is 1. The van der Waals surface area contributed by atoms with E-state index < -0.39 is 0 Å². The minimum absolute atomic E-state index is 0. The largest absolute Gasteiger partial charge is 0.356 e. The fourth-order valence-corrected chi connectivity index (χ4v) is 4.48. The van der Waals surface area contributed by atoms with Crippen LogP contribution in [0, 0.1) is 0 Å². The van der Waals surface area contributed by atoms with Gasteiger partial charge in [0.1, 0.15) is 0 Å². The van der Waals surface area contributed by atoms with Crippen molar-refractivity contribution < 1.29 is 4.79 Å². The Kier molecular flexibility index (Phi) is 15.9.